The lowest BCUT2D eigenvalue weighted by atomic mass is 9.87. The van der Waals surface area contributed by atoms with Crippen molar-refractivity contribution in [1.29, 1.82) is 0 Å². The third-order valence-corrected chi connectivity index (χ3v) is 8.24. The number of carbonyl (C=O) groups excluding carboxylic acids is 1. The van der Waals surface area contributed by atoms with Gasteiger partial charge in [0.25, 0.3) is 0 Å². The topological polar surface area (TPSA) is 71.8 Å². The van der Waals surface area contributed by atoms with Gasteiger partial charge >= 0.3 is 0 Å². The number of hydrogen-bond acceptors (Lipinski definition) is 4. The highest BCUT2D eigenvalue weighted by Crippen LogP contribution is 2.42. The molecule has 1 aromatic heterocycles. The van der Waals surface area contributed by atoms with Crippen molar-refractivity contribution in [3.8, 4) is 5.69 Å². The molecule has 3 aromatic rings. The molecule has 1 aliphatic carbocycles. The summed E-state index contributed by atoms with van der Waals surface area (Å²) in [5.41, 5.74) is 2.12. The maximum absolute atomic E-state index is 14.8. The second-order valence-electron chi connectivity index (χ2n) is 12.4. The predicted molar refractivity (Wildman–Crippen MR) is 160 cm³/mol. The molecule has 0 bridgehead atoms. The summed E-state index contributed by atoms with van der Waals surface area (Å²) in [6.07, 6.45) is 3.74. The van der Waals surface area contributed by atoms with Gasteiger partial charge in [0.15, 0.2) is 0 Å². The van der Waals surface area contributed by atoms with Crippen LogP contribution in [-0.2, 0) is 4.79 Å². The molecule has 4 atom stereocenters. The standard InChI is InChI=1S/C32H42ClF2N5O/c1-7-8-21(30-37-20(3)39-40(30)24-10-12-28(33)19(2)15-24)13-14-36-31(41)27-18-23(38-32(4,5)6)17-26(27)25-11-9-22(34)16-29(25)35/h9-12,15-16,21,23,26-27,38H,7-8,13-14,17-18H2,1-6H3,(H,36,41). The molecule has 1 fully saturated rings. The Morgan fingerprint density at radius 1 is 1.12 bits per heavy atom. The van der Waals surface area contributed by atoms with Crippen molar-refractivity contribution in [2.24, 2.45) is 5.92 Å². The van der Waals surface area contributed by atoms with Crippen LogP contribution in [0.2, 0.25) is 5.02 Å². The molecular formula is C32H42ClF2N5O. The van der Waals surface area contributed by atoms with E-state index in [2.05, 4.69) is 43.4 Å². The average Bonchev–Trinajstić information content (AvgIpc) is 3.47. The molecule has 0 spiro atoms. The van der Waals surface area contributed by atoms with Crippen molar-refractivity contribution in [2.75, 3.05) is 6.54 Å². The van der Waals surface area contributed by atoms with E-state index in [-0.39, 0.29) is 29.3 Å². The molecule has 1 saturated carbocycles. The Morgan fingerprint density at radius 2 is 1.88 bits per heavy atom. The first-order valence-corrected chi connectivity index (χ1v) is 14.9. The largest absolute Gasteiger partial charge is 0.356 e. The number of benzene rings is 2. The van der Waals surface area contributed by atoms with Gasteiger partial charge in [-0.2, -0.15) is 5.10 Å². The summed E-state index contributed by atoms with van der Waals surface area (Å²) >= 11 is 6.26. The third-order valence-electron chi connectivity index (χ3n) is 7.82. The van der Waals surface area contributed by atoms with E-state index in [9.17, 15) is 13.6 Å². The molecule has 6 nitrogen and oxygen atoms in total. The Morgan fingerprint density at radius 3 is 2.54 bits per heavy atom. The van der Waals surface area contributed by atoms with Crippen LogP contribution in [0.4, 0.5) is 8.78 Å². The SMILES string of the molecule is CCCC(CCNC(=O)C1CC(NC(C)(C)C)CC1c1ccc(F)cc1F)c1nc(C)nn1-c1ccc(Cl)c(C)c1. The fourth-order valence-electron chi connectivity index (χ4n) is 6.10. The van der Waals surface area contributed by atoms with E-state index in [1.807, 2.05) is 36.7 Å². The minimum absolute atomic E-state index is 0.0531. The number of nitrogens with zero attached hydrogens (tertiary/aromatic N) is 3. The molecule has 2 N–H and O–H groups in total. The second kappa shape index (κ2) is 13.0. The first-order chi connectivity index (χ1) is 19.4. The van der Waals surface area contributed by atoms with Crippen LogP contribution in [0.25, 0.3) is 5.69 Å². The number of aromatic nitrogens is 3. The molecule has 41 heavy (non-hydrogen) atoms. The normalized spacial score (nSPS) is 19.9. The molecule has 1 amide bonds. The first kappa shape index (κ1) is 31.1. The van der Waals surface area contributed by atoms with Crippen LogP contribution in [-0.4, -0.2) is 38.8 Å². The molecule has 0 radical (unpaired) electrons. The lowest BCUT2D eigenvalue weighted by molar-refractivity contribution is -0.125. The van der Waals surface area contributed by atoms with Gasteiger partial charge in [-0.15, -0.1) is 0 Å². The zero-order chi connectivity index (χ0) is 29.9. The van der Waals surface area contributed by atoms with Gasteiger partial charge in [-0.05, 0) is 102 Å². The smallest absolute Gasteiger partial charge is 0.223 e. The lowest BCUT2D eigenvalue weighted by Crippen LogP contribution is -2.43. The molecule has 4 unspecified atom stereocenters. The van der Waals surface area contributed by atoms with Crippen molar-refractivity contribution in [1.82, 2.24) is 25.4 Å². The molecule has 222 valence electrons. The van der Waals surface area contributed by atoms with E-state index in [0.717, 1.165) is 36.0 Å². The summed E-state index contributed by atoms with van der Waals surface area (Å²) < 4.78 is 30.4. The van der Waals surface area contributed by atoms with E-state index in [1.165, 1.54) is 12.1 Å². The van der Waals surface area contributed by atoms with Gasteiger partial charge in [0.1, 0.15) is 23.3 Å². The van der Waals surface area contributed by atoms with E-state index in [4.69, 9.17) is 16.6 Å². The Kier molecular flexibility index (Phi) is 9.85. The van der Waals surface area contributed by atoms with Gasteiger partial charge in [-0.25, -0.2) is 18.4 Å². The van der Waals surface area contributed by atoms with E-state index in [0.29, 0.717) is 42.2 Å². The Hall–Kier alpha value is -2.84. The molecular weight excluding hydrogens is 544 g/mol. The first-order valence-electron chi connectivity index (χ1n) is 14.6. The van der Waals surface area contributed by atoms with E-state index < -0.39 is 17.6 Å². The highest BCUT2D eigenvalue weighted by atomic mass is 35.5. The second-order valence-corrected chi connectivity index (χ2v) is 12.8. The van der Waals surface area contributed by atoms with Crippen molar-refractivity contribution >= 4 is 17.5 Å². The molecule has 1 heterocycles. The van der Waals surface area contributed by atoms with Crippen LogP contribution in [0.5, 0.6) is 0 Å². The Balaban J connectivity index is 1.50. The maximum atomic E-state index is 14.8. The predicted octanol–water partition coefficient (Wildman–Crippen LogP) is 7.16. The number of rotatable bonds is 10. The van der Waals surface area contributed by atoms with Crippen LogP contribution in [0.3, 0.4) is 0 Å². The highest BCUT2D eigenvalue weighted by Gasteiger charge is 2.41. The van der Waals surface area contributed by atoms with E-state index in [1.54, 1.807) is 0 Å². The van der Waals surface area contributed by atoms with Crippen LogP contribution >= 0.6 is 11.6 Å². The zero-order valence-electron chi connectivity index (χ0n) is 24.9. The fourth-order valence-corrected chi connectivity index (χ4v) is 6.22. The average molecular weight is 586 g/mol. The summed E-state index contributed by atoms with van der Waals surface area (Å²) in [6, 6.07) is 9.53. The number of amides is 1. The van der Waals surface area contributed by atoms with E-state index >= 15 is 0 Å². The Bertz CT molecular complexity index is 1370. The third kappa shape index (κ3) is 7.72. The van der Waals surface area contributed by atoms with Crippen molar-refractivity contribution in [3.05, 3.63) is 75.8 Å². The van der Waals surface area contributed by atoms with Crippen molar-refractivity contribution in [2.45, 2.75) is 97.1 Å². The van der Waals surface area contributed by atoms with Crippen LogP contribution in [0.15, 0.2) is 36.4 Å². The molecule has 9 heteroatoms. The number of halogens is 3. The molecule has 2 aromatic carbocycles. The molecule has 0 saturated heterocycles. The van der Waals surface area contributed by atoms with Crippen molar-refractivity contribution < 1.29 is 13.6 Å². The van der Waals surface area contributed by atoms with Crippen molar-refractivity contribution in [3.63, 3.8) is 0 Å². The number of hydrogen-bond donors (Lipinski definition) is 2. The minimum atomic E-state index is -0.617. The number of nitrogens with one attached hydrogen (secondary N) is 2. The monoisotopic (exact) mass is 585 g/mol. The zero-order valence-corrected chi connectivity index (χ0v) is 25.7. The highest BCUT2D eigenvalue weighted by molar-refractivity contribution is 6.31. The summed E-state index contributed by atoms with van der Waals surface area (Å²) in [7, 11) is 0. The number of carbonyl (C=O) groups is 1. The summed E-state index contributed by atoms with van der Waals surface area (Å²) in [6.45, 7) is 12.7. The number of aryl methyl sites for hydroxylation is 2. The van der Waals surface area contributed by atoms with Crippen LogP contribution in [0, 0.1) is 31.4 Å². The summed E-state index contributed by atoms with van der Waals surface area (Å²) in [4.78, 5) is 18.3. The molecule has 0 aliphatic heterocycles. The van der Waals surface area contributed by atoms with Gasteiger partial charge in [-0.1, -0.05) is 31.0 Å². The van der Waals surface area contributed by atoms with Gasteiger partial charge in [0, 0.05) is 41.1 Å². The lowest BCUT2D eigenvalue weighted by Gasteiger charge is -2.26. The molecule has 4 rings (SSSR count). The molecule has 1 aliphatic rings. The fraction of sp³-hybridized carbons (Fsp3) is 0.531. The van der Waals surface area contributed by atoms with Gasteiger partial charge < -0.3 is 10.6 Å². The van der Waals surface area contributed by atoms with Gasteiger partial charge in [-0.3, -0.25) is 4.79 Å². The van der Waals surface area contributed by atoms with Gasteiger partial charge in [0.05, 0.1) is 5.69 Å². The minimum Gasteiger partial charge on any atom is -0.356 e. The Labute approximate surface area is 247 Å². The van der Waals surface area contributed by atoms with Gasteiger partial charge in [0.2, 0.25) is 5.91 Å². The maximum Gasteiger partial charge on any atom is 0.223 e. The quantitative estimate of drug-likeness (QED) is 0.265. The summed E-state index contributed by atoms with van der Waals surface area (Å²) in [5.74, 6) is -0.428. The van der Waals surface area contributed by atoms with Crippen LogP contribution in [0.1, 0.15) is 94.4 Å². The summed E-state index contributed by atoms with van der Waals surface area (Å²) in [5, 5.41) is 12.1. The van der Waals surface area contributed by atoms with Crippen LogP contribution < -0.4 is 10.6 Å².